The molecule has 270 valence electrons. The van der Waals surface area contributed by atoms with Crippen LogP contribution >= 0.6 is 0 Å². The number of aliphatic carboxylic acids is 2. The summed E-state index contributed by atoms with van der Waals surface area (Å²) in [4.78, 5) is 76.6. The molecule has 0 bridgehead atoms. The van der Waals surface area contributed by atoms with Gasteiger partial charge in [0.2, 0.25) is 23.6 Å². The summed E-state index contributed by atoms with van der Waals surface area (Å²) in [5.41, 5.74) is 17.6. The van der Waals surface area contributed by atoms with Crippen LogP contribution < -0.4 is 38.5 Å². The fourth-order valence-corrected chi connectivity index (χ4v) is 4.77. The predicted molar refractivity (Wildman–Crippen MR) is 177 cm³/mol. The molecule has 0 aliphatic carbocycles. The summed E-state index contributed by atoms with van der Waals surface area (Å²) in [5.74, 6) is -5.96. The number of carboxylic acid groups (broad SMARTS) is 2. The Balaban J connectivity index is 3.31. The van der Waals surface area contributed by atoms with Gasteiger partial charge in [0.1, 0.15) is 29.9 Å². The average Bonchev–Trinajstić information content (AvgIpc) is 3.04. The number of hydrogen-bond donors (Lipinski definition) is 10. The molecule has 0 radical (unpaired) electrons. The molecule has 1 aromatic carbocycles. The van der Waals surface area contributed by atoms with Crippen LogP contribution in [0.4, 0.5) is 0 Å². The molecule has 0 heterocycles. The second kappa shape index (κ2) is 22.3. The lowest BCUT2D eigenvalue weighted by Gasteiger charge is -2.28. The van der Waals surface area contributed by atoms with E-state index in [9.17, 15) is 44.1 Å². The molecule has 0 unspecified atom stereocenters. The first-order valence-corrected chi connectivity index (χ1v) is 16.3. The molecule has 4 amide bonds. The number of carbonyl (C=O) groups excluding carboxylic acids is 4. The van der Waals surface area contributed by atoms with Crippen LogP contribution in [-0.2, 0) is 35.2 Å². The third-order valence-corrected chi connectivity index (χ3v) is 7.95. The Bertz CT molecular complexity index is 1200. The van der Waals surface area contributed by atoms with Gasteiger partial charge in [-0.25, -0.2) is 4.79 Å². The average molecular weight is 680 g/mol. The van der Waals surface area contributed by atoms with Crippen molar-refractivity contribution in [2.24, 2.45) is 23.1 Å². The smallest absolute Gasteiger partial charge is 0.326 e. The summed E-state index contributed by atoms with van der Waals surface area (Å²) in [6, 6.07) is -0.209. The zero-order valence-electron chi connectivity index (χ0n) is 27.8. The lowest BCUT2D eigenvalue weighted by atomic mass is 9.96. The largest absolute Gasteiger partial charge is 0.508 e. The third kappa shape index (κ3) is 15.5. The molecule has 6 atom stereocenters. The predicted octanol–water partition coefficient (Wildman–Crippen LogP) is -0.545. The standard InChI is InChI=1S/C32H53N7O9/c1-3-19(2)27(39-28(43)22(35)8-4-6-16-33)31(46)38-25(18-20-10-12-21(40)13-11-20)30(45)36-23(14-15-26(41)42)29(44)37-24(32(47)48)9-5-7-17-34/h10-13,19,22-25,27,40H,3-9,14-18,33-35H2,1-2H3,(H,36,45)(H,37,44)(H,38,46)(H,39,43)(H,41,42)(H,47,48)/t19-,22-,23-,24-,25-,27-/m0/s1. The molecule has 0 spiro atoms. The third-order valence-electron chi connectivity index (χ3n) is 7.95. The Labute approximate surface area is 280 Å². The summed E-state index contributed by atoms with van der Waals surface area (Å²) in [7, 11) is 0. The van der Waals surface area contributed by atoms with Crippen molar-refractivity contribution in [3.05, 3.63) is 29.8 Å². The van der Waals surface area contributed by atoms with Gasteiger partial charge in [-0.15, -0.1) is 0 Å². The van der Waals surface area contributed by atoms with Crippen LogP contribution in [0.25, 0.3) is 0 Å². The molecule has 0 aliphatic rings. The Morgan fingerprint density at radius 2 is 1.25 bits per heavy atom. The number of unbranched alkanes of at least 4 members (excludes halogenated alkanes) is 2. The van der Waals surface area contributed by atoms with E-state index in [1.54, 1.807) is 6.92 Å². The number of carbonyl (C=O) groups is 6. The van der Waals surface area contributed by atoms with Crippen molar-refractivity contribution < 1.29 is 44.1 Å². The van der Waals surface area contributed by atoms with E-state index in [4.69, 9.17) is 17.2 Å². The normalized spacial score (nSPS) is 14.8. The van der Waals surface area contributed by atoms with Crippen molar-refractivity contribution in [3.8, 4) is 5.75 Å². The summed E-state index contributed by atoms with van der Waals surface area (Å²) in [6.45, 7) is 4.35. The number of amides is 4. The van der Waals surface area contributed by atoms with Gasteiger partial charge in [0, 0.05) is 12.8 Å². The number of nitrogens with two attached hydrogens (primary N) is 3. The topological polar surface area (TPSA) is 289 Å². The maximum Gasteiger partial charge on any atom is 0.326 e. The van der Waals surface area contributed by atoms with E-state index >= 15 is 0 Å². The maximum absolute atomic E-state index is 13.7. The highest BCUT2D eigenvalue weighted by atomic mass is 16.4. The fourth-order valence-electron chi connectivity index (χ4n) is 4.77. The van der Waals surface area contributed by atoms with Crippen LogP contribution in [0.5, 0.6) is 5.75 Å². The molecule has 1 aromatic rings. The zero-order chi connectivity index (χ0) is 36.2. The van der Waals surface area contributed by atoms with Crippen molar-refractivity contribution in [2.45, 2.75) is 108 Å². The lowest BCUT2D eigenvalue weighted by molar-refractivity contribution is -0.143. The SMILES string of the molecule is CC[C@H](C)[C@H](NC(=O)[C@@H](N)CCCCN)C(=O)N[C@@H](Cc1ccc(O)cc1)C(=O)N[C@@H](CCC(=O)O)C(=O)N[C@@H](CCCCN)C(=O)O. The van der Waals surface area contributed by atoms with Crippen molar-refractivity contribution in [1.82, 2.24) is 21.3 Å². The number of nitrogens with one attached hydrogen (secondary N) is 4. The van der Waals surface area contributed by atoms with E-state index in [2.05, 4.69) is 21.3 Å². The van der Waals surface area contributed by atoms with Gasteiger partial charge in [-0.2, -0.15) is 0 Å². The Morgan fingerprint density at radius 3 is 1.79 bits per heavy atom. The van der Waals surface area contributed by atoms with Crippen LogP contribution in [0.15, 0.2) is 24.3 Å². The number of carboxylic acids is 2. The summed E-state index contributed by atoms with van der Waals surface area (Å²) in [6.07, 6.45) is 2.16. The van der Waals surface area contributed by atoms with Gasteiger partial charge in [-0.3, -0.25) is 24.0 Å². The van der Waals surface area contributed by atoms with Crippen molar-refractivity contribution in [1.29, 1.82) is 0 Å². The molecule has 0 saturated heterocycles. The molecule has 48 heavy (non-hydrogen) atoms. The van der Waals surface area contributed by atoms with Gasteiger partial charge in [-0.05, 0) is 75.2 Å². The van der Waals surface area contributed by atoms with E-state index in [0.29, 0.717) is 57.2 Å². The molecule has 0 fully saturated rings. The van der Waals surface area contributed by atoms with Crippen LogP contribution in [0.3, 0.4) is 0 Å². The van der Waals surface area contributed by atoms with E-state index in [1.165, 1.54) is 24.3 Å². The minimum Gasteiger partial charge on any atom is -0.508 e. The number of rotatable bonds is 24. The maximum atomic E-state index is 13.7. The molecule has 16 heteroatoms. The molecule has 16 nitrogen and oxygen atoms in total. The van der Waals surface area contributed by atoms with Crippen molar-refractivity contribution in [3.63, 3.8) is 0 Å². The van der Waals surface area contributed by atoms with Gasteiger partial charge in [0.15, 0.2) is 0 Å². The number of benzene rings is 1. The van der Waals surface area contributed by atoms with Gasteiger partial charge in [0.25, 0.3) is 0 Å². The Morgan fingerprint density at radius 1 is 0.708 bits per heavy atom. The Hall–Kier alpha value is -4.28. The first-order valence-electron chi connectivity index (χ1n) is 16.3. The molecule has 0 saturated carbocycles. The second-order valence-electron chi connectivity index (χ2n) is 11.9. The van der Waals surface area contributed by atoms with E-state index < -0.39 is 72.2 Å². The van der Waals surface area contributed by atoms with Crippen LogP contribution in [-0.4, -0.2) is 94.2 Å². The lowest BCUT2D eigenvalue weighted by Crippen LogP contribution is -2.60. The summed E-state index contributed by atoms with van der Waals surface area (Å²) in [5, 5.41) is 38.8. The van der Waals surface area contributed by atoms with E-state index in [0.717, 1.165) is 0 Å². The van der Waals surface area contributed by atoms with Crippen LogP contribution in [0.1, 0.15) is 77.2 Å². The van der Waals surface area contributed by atoms with Gasteiger partial charge in [0.05, 0.1) is 6.04 Å². The molecular weight excluding hydrogens is 626 g/mol. The summed E-state index contributed by atoms with van der Waals surface area (Å²) >= 11 is 0. The number of phenolic OH excluding ortho intramolecular Hbond substituents is 1. The monoisotopic (exact) mass is 679 g/mol. The summed E-state index contributed by atoms with van der Waals surface area (Å²) < 4.78 is 0. The molecule has 0 aliphatic heterocycles. The number of aromatic hydroxyl groups is 1. The zero-order valence-corrected chi connectivity index (χ0v) is 27.8. The minimum atomic E-state index is -1.46. The fraction of sp³-hybridized carbons (Fsp3) is 0.625. The minimum absolute atomic E-state index is 0.0315. The highest BCUT2D eigenvalue weighted by Gasteiger charge is 2.33. The van der Waals surface area contributed by atoms with Gasteiger partial charge < -0.3 is 53.8 Å². The van der Waals surface area contributed by atoms with Gasteiger partial charge >= 0.3 is 11.9 Å². The number of hydrogen-bond acceptors (Lipinski definition) is 10. The highest BCUT2D eigenvalue weighted by Crippen LogP contribution is 2.14. The van der Waals surface area contributed by atoms with E-state index in [1.807, 2.05) is 6.92 Å². The van der Waals surface area contributed by atoms with E-state index in [-0.39, 0.29) is 30.9 Å². The highest BCUT2D eigenvalue weighted by molar-refractivity contribution is 5.95. The molecule has 13 N–H and O–H groups in total. The van der Waals surface area contributed by atoms with Crippen LogP contribution in [0, 0.1) is 5.92 Å². The quantitative estimate of drug-likeness (QED) is 0.0616. The second-order valence-corrected chi connectivity index (χ2v) is 11.9. The first kappa shape index (κ1) is 41.7. The molecule has 0 aromatic heterocycles. The van der Waals surface area contributed by atoms with Crippen LogP contribution in [0.2, 0.25) is 0 Å². The number of phenols is 1. The first-order chi connectivity index (χ1) is 22.7. The van der Waals surface area contributed by atoms with Crippen molar-refractivity contribution >= 4 is 35.6 Å². The van der Waals surface area contributed by atoms with Gasteiger partial charge in [-0.1, -0.05) is 38.8 Å². The molecular formula is C32H53N7O9. The Kier molecular flexibility index (Phi) is 19.4. The van der Waals surface area contributed by atoms with Crippen molar-refractivity contribution in [2.75, 3.05) is 13.1 Å². The molecule has 1 rings (SSSR count).